The normalized spacial score (nSPS) is 15.8. The van der Waals surface area contributed by atoms with Crippen LogP contribution in [0.2, 0.25) is 0 Å². The van der Waals surface area contributed by atoms with E-state index in [1.807, 2.05) is 0 Å². The van der Waals surface area contributed by atoms with Crippen molar-refractivity contribution < 1.29 is 0 Å². The first-order valence-corrected chi connectivity index (χ1v) is 8.36. The Morgan fingerprint density at radius 3 is 2.57 bits per heavy atom. The SMILES string of the molecule is c1ccc(Cn2c(NC3CCNCC3)nc3ccccc32)cc1. The Morgan fingerprint density at radius 1 is 1.00 bits per heavy atom. The zero-order chi connectivity index (χ0) is 15.5. The highest BCUT2D eigenvalue weighted by Gasteiger charge is 2.17. The Labute approximate surface area is 136 Å². The van der Waals surface area contributed by atoms with Crippen molar-refractivity contribution >= 4 is 17.0 Å². The molecule has 4 nitrogen and oxygen atoms in total. The molecule has 2 heterocycles. The molecule has 1 fully saturated rings. The molecule has 0 spiro atoms. The van der Waals surface area contributed by atoms with Crippen LogP contribution in [0.3, 0.4) is 0 Å². The molecule has 0 radical (unpaired) electrons. The first-order valence-electron chi connectivity index (χ1n) is 8.36. The third kappa shape index (κ3) is 3.08. The highest BCUT2D eigenvalue weighted by atomic mass is 15.2. The standard InChI is InChI=1S/C19H22N4/c1-2-6-15(7-3-1)14-23-18-9-5-4-8-17(18)22-19(23)21-16-10-12-20-13-11-16/h1-9,16,20H,10-14H2,(H,21,22). The van der Waals surface area contributed by atoms with Crippen molar-refractivity contribution in [2.24, 2.45) is 0 Å². The Balaban J connectivity index is 1.69. The molecule has 0 bridgehead atoms. The van der Waals surface area contributed by atoms with Gasteiger partial charge in [0.2, 0.25) is 5.95 Å². The molecule has 0 amide bonds. The largest absolute Gasteiger partial charge is 0.353 e. The van der Waals surface area contributed by atoms with Gasteiger partial charge in [0.15, 0.2) is 0 Å². The molecule has 1 aliphatic rings. The Morgan fingerprint density at radius 2 is 1.74 bits per heavy atom. The highest BCUT2D eigenvalue weighted by molar-refractivity contribution is 5.78. The van der Waals surface area contributed by atoms with Gasteiger partial charge in [-0.05, 0) is 43.6 Å². The van der Waals surface area contributed by atoms with E-state index in [4.69, 9.17) is 4.98 Å². The van der Waals surface area contributed by atoms with Crippen LogP contribution in [0.5, 0.6) is 0 Å². The van der Waals surface area contributed by atoms with E-state index in [0.717, 1.165) is 43.9 Å². The van der Waals surface area contributed by atoms with E-state index in [2.05, 4.69) is 69.8 Å². The van der Waals surface area contributed by atoms with Crippen LogP contribution in [-0.4, -0.2) is 28.7 Å². The number of piperidine rings is 1. The van der Waals surface area contributed by atoms with Crippen LogP contribution >= 0.6 is 0 Å². The molecular formula is C19H22N4. The van der Waals surface area contributed by atoms with Gasteiger partial charge in [0.1, 0.15) is 0 Å². The number of aromatic nitrogens is 2. The van der Waals surface area contributed by atoms with Crippen molar-refractivity contribution in [2.45, 2.75) is 25.4 Å². The fraction of sp³-hybridized carbons (Fsp3) is 0.316. The lowest BCUT2D eigenvalue weighted by atomic mass is 10.1. The molecule has 1 saturated heterocycles. The average molecular weight is 306 g/mol. The average Bonchev–Trinajstić information content (AvgIpc) is 2.94. The number of imidazole rings is 1. The molecule has 3 aromatic rings. The maximum Gasteiger partial charge on any atom is 0.204 e. The molecule has 0 unspecified atom stereocenters. The van der Waals surface area contributed by atoms with Gasteiger partial charge in [-0.2, -0.15) is 0 Å². The molecule has 23 heavy (non-hydrogen) atoms. The van der Waals surface area contributed by atoms with E-state index in [-0.39, 0.29) is 0 Å². The molecule has 1 aromatic heterocycles. The molecule has 1 aliphatic heterocycles. The minimum absolute atomic E-state index is 0.502. The smallest absolute Gasteiger partial charge is 0.204 e. The van der Waals surface area contributed by atoms with Gasteiger partial charge in [-0.3, -0.25) is 0 Å². The fourth-order valence-corrected chi connectivity index (χ4v) is 3.26. The number of fused-ring (bicyclic) bond motifs is 1. The molecule has 0 aliphatic carbocycles. The summed E-state index contributed by atoms with van der Waals surface area (Å²) >= 11 is 0. The van der Waals surface area contributed by atoms with Crippen LogP contribution in [0.1, 0.15) is 18.4 Å². The molecule has 4 heteroatoms. The summed E-state index contributed by atoms with van der Waals surface area (Å²) in [5.74, 6) is 0.988. The molecule has 0 atom stereocenters. The zero-order valence-corrected chi connectivity index (χ0v) is 13.2. The third-order valence-electron chi connectivity index (χ3n) is 4.51. The van der Waals surface area contributed by atoms with Crippen molar-refractivity contribution in [1.82, 2.24) is 14.9 Å². The maximum atomic E-state index is 4.83. The lowest BCUT2D eigenvalue weighted by molar-refractivity contribution is 0.476. The first-order chi connectivity index (χ1) is 11.4. The number of hydrogen-bond acceptors (Lipinski definition) is 3. The Bertz CT molecular complexity index is 772. The summed E-state index contributed by atoms with van der Waals surface area (Å²) in [5, 5.41) is 7.09. The number of anilines is 1. The summed E-state index contributed by atoms with van der Waals surface area (Å²) in [6, 6.07) is 19.5. The van der Waals surface area contributed by atoms with Gasteiger partial charge < -0.3 is 15.2 Å². The summed E-state index contributed by atoms with van der Waals surface area (Å²) in [4.78, 5) is 4.83. The predicted octanol–water partition coefficient (Wildman–Crippen LogP) is 3.25. The van der Waals surface area contributed by atoms with Gasteiger partial charge in [0, 0.05) is 6.04 Å². The first kappa shape index (κ1) is 14.3. The second-order valence-electron chi connectivity index (χ2n) is 6.16. The summed E-state index contributed by atoms with van der Waals surface area (Å²) in [6.07, 6.45) is 2.29. The van der Waals surface area contributed by atoms with E-state index in [1.165, 1.54) is 11.1 Å². The number of nitrogens with zero attached hydrogens (tertiary/aromatic N) is 2. The van der Waals surface area contributed by atoms with Crippen LogP contribution in [0.4, 0.5) is 5.95 Å². The molecular weight excluding hydrogens is 284 g/mol. The second kappa shape index (κ2) is 6.42. The zero-order valence-electron chi connectivity index (χ0n) is 13.2. The van der Waals surface area contributed by atoms with Crippen molar-refractivity contribution in [1.29, 1.82) is 0 Å². The molecule has 2 N–H and O–H groups in total. The number of rotatable bonds is 4. The summed E-state index contributed by atoms with van der Waals surface area (Å²) in [5.41, 5.74) is 3.54. The maximum absolute atomic E-state index is 4.83. The monoisotopic (exact) mass is 306 g/mol. The van der Waals surface area contributed by atoms with Gasteiger partial charge >= 0.3 is 0 Å². The number of hydrogen-bond donors (Lipinski definition) is 2. The van der Waals surface area contributed by atoms with Gasteiger partial charge in [-0.25, -0.2) is 4.98 Å². The van der Waals surface area contributed by atoms with Gasteiger partial charge in [-0.1, -0.05) is 42.5 Å². The van der Waals surface area contributed by atoms with Gasteiger partial charge in [-0.15, -0.1) is 0 Å². The van der Waals surface area contributed by atoms with Crippen LogP contribution in [0.15, 0.2) is 54.6 Å². The van der Waals surface area contributed by atoms with Gasteiger partial charge in [0.05, 0.1) is 17.6 Å². The van der Waals surface area contributed by atoms with Crippen LogP contribution in [0, 0.1) is 0 Å². The van der Waals surface area contributed by atoms with E-state index in [1.54, 1.807) is 0 Å². The number of benzene rings is 2. The van der Waals surface area contributed by atoms with Gasteiger partial charge in [0.25, 0.3) is 0 Å². The van der Waals surface area contributed by atoms with Crippen molar-refractivity contribution in [3.8, 4) is 0 Å². The molecule has 4 rings (SSSR count). The highest BCUT2D eigenvalue weighted by Crippen LogP contribution is 2.23. The predicted molar refractivity (Wildman–Crippen MR) is 94.8 cm³/mol. The molecule has 0 saturated carbocycles. The van der Waals surface area contributed by atoms with E-state index in [9.17, 15) is 0 Å². The molecule has 118 valence electrons. The van der Waals surface area contributed by atoms with Crippen molar-refractivity contribution in [3.63, 3.8) is 0 Å². The quantitative estimate of drug-likeness (QED) is 0.777. The number of para-hydroxylation sites is 2. The summed E-state index contributed by atoms with van der Waals surface area (Å²) in [6.45, 7) is 3.00. The lowest BCUT2D eigenvalue weighted by Crippen LogP contribution is -2.36. The fourth-order valence-electron chi connectivity index (χ4n) is 3.26. The Kier molecular flexibility index (Phi) is 3.99. The molecule has 2 aromatic carbocycles. The third-order valence-corrected chi connectivity index (χ3v) is 4.51. The second-order valence-corrected chi connectivity index (χ2v) is 6.16. The summed E-state index contributed by atoms with van der Waals surface area (Å²) in [7, 11) is 0. The van der Waals surface area contributed by atoms with Crippen molar-refractivity contribution in [2.75, 3.05) is 18.4 Å². The summed E-state index contributed by atoms with van der Waals surface area (Å²) < 4.78 is 2.30. The minimum Gasteiger partial charge on any atom is -0.353 e. The van der Waals surface area contributed by atoms with Crippen LogP contribution in [0.25, 0.3) is 11.0 Å². The van der Waals surface area contributed by atoms with E-state index >= 15 is 0 Å². The minimum atomic E-state index is 0.502. The van der Waals surface area contributed by atoms with E-state index in [0.29, 0.717) is 6.04 Å². The van der Waals surface area contributed by atoms with Crippen LogP contribution < -0.4 is 10.6 Å². The lowest BCUT2D eigenvalue weighted by Gasteiger charge is -2.24. The van der Waals surface area contributed by atoms with Crippen LogP contribution in [-0.2, 0) is 6.54 Å². The number of nitrogens with one attached hydrogen (secondary N) is 2. The van der Waals surface area contributed by atoms with E-state index < -0.39 is 0 Å². The van der Waals surface area contributed by atoms with Crippen molar-refractivity contribution in [3.05, 3.63) is 60.2 Å². The topological polar surface area (TPSA) is 41.9 Å². The Hall–Kier alpha value is -2.33.